The second-order valence-corrected chi connectivity index (χ2v) is 6.31. The van der Waals surface area contributed by atoms with Gasteiger partial charge in [-0.25, -0.2) is 9.97 Å². The lowest BCUT2D eigenvalue weighted by Gasteiger charge is -2.38. The Morgan fingerprint density at radius 2 is 1.76 bits per heavy atom. The molecule has 1 unspecified atom stereocenters. The van der Waals surface area contributed by atoms with Crippen LogP contribution in [0.25, 0.3) is 0 Å². The Balaban J connectivity index is 1.68. The van der Waals surface area contributed by atoms with E-state index in [1.54, 1.807) is 0 Å². The largest absolute Gasteiger partial charge is 0.338 e. The van der Waals surface area contributed by atoms with Gasteiger partial charge in [-0.05, 0) is 38.4 Å². The van der Waals surface area contributed by atoms with E-state index in [0.717, 1.165) is 51.1 Å². The molecule has 21 heavy (non-hydrogen) atoms. The van der Waals surface area contributed by atoms with Crippen LogP contribution < -0.4 is 10.2 Å². The number of anilines is 1. The molecular weight excluding hydrogens is 262 g/mol. The summed E-state index contributed by atoms with van der Waals surface area (Å²) in [5.74, 6) is 1.60. The predicted octanol–water partition coefficient (Wildman–Crippen LogP) is 1.62. The minimum atomic E-state index is 0.642. The van der Waals surface area contributed by atoms with Gasteiger partial charge in [-0.1, -0.05) is 13.8 Å². The zero-order valence-electron chi connectivity index (χ0n) is 13.6. The highest BCUT2D eigenvalue weighted by Gasteiger charge is 2.21. The van der Waals surface area contributed by atoms with Gasteiger partial charge >= 0.3 is 0 Å². The third kappa shape index (κ3) is 5.25. The first kappa shape index (κ1) is 16.2. The van der Waals surface area contributed by atoms with Gasteiger partial charge < -0.3 is 10.2 Å². The molecule has 1 atom stereocenters. The molecule has 0 spiro atoms. The molecule has 1 aliphatic rings. The van der Waals surface area contributed by atoms with Crippen LogP contribution >= 0.6 is 0 Å². The number of hydrogen-bond donors (Lipinski definition) is 1. The molecule has 1 N–H and O–H groups in total. The van der Waals surface area contributed by atoms with E-state index in [0.29, 0.717) is 6.04 Å². The smallest absolute Gasteiger partial charge is 0.225 e. The van der Waals surface area contributed by atoms with E-state index in [4.69, 9.17) is 0 Å². The average Bonchev–Trinajstić information content (AvgIpc) is 2.52. The number of hydrogen-bond acceptors (Lipinski definition) is 5. The SMILES string of the molecule is CC(C)CNCCC(C)N1CCN(c2ncccn2)CC1. The van der Waals surface area contributed by atoms with E-state index in [1.807, 2.05) is 18.5 Å². The van der Waals surface area contributed by atoms with Crippen molar-refractivity contribution in [2.75, 3.05) is 44.2 Å². The normalized spacial score (nSPS) is 18.2. The van der Waals surface area contributed by atoms with Gasteiger partial charge in [-0.2, -0.15) is 0 Å². The van der Waals surface area contributed by atoms with E-state index in [9.17, 15) is 0 Å². The first-order chi connectivity index (χ1) is 10.2. The highest BCUT2D eigenvalue weighted by Crippen LogP contribution is 2.12. The molecule has 2 rings (SSSR count). The monoisotopic (exact) mass is 291 g/mol. The van der Waals surface area contributed by atoms with Gasteiger partial charge in [0, 0.05) is 44.6 Å². The van der Waals surface area contributed by atoms with Gasteiger partial charge in [-0.3, -0.25) is 4.90 Å². The standard InChI is InChI=1S/C16H29N5/c1-14(2)13-17-8-5-15(3)20-9-11-21(12-10-20)16-18-6-4-7-19-16/h4,6-7,14-15,17H,5,8-13H2,1-3H3. The van der Waals surface area contributed by atoms with Crippen LogP contribution in [0.3, 0.4) is 0 Å². The molecule has 0 radical (unpaired) electrons. The van der Waals surface area contributed by atoms with Crippen molar-refractivity contribution in [3.63, 3.8) is 0 Å². The van der Waals surface area contributed by atoms with Crippen molar-refractivity contribution in [1.29, 1.82) is 0 Å². The second kappa shape index (κ2) is 8.29. The van der Waals surface area contributed by atoms with Crippen LogP contribution in [-0.4, -0.2) is 60.2 Å². The molecule has 1 aliphatic heterocycles. The van der Waals surface area contributed by atoms with Crippen molar-refractivity contribution in [2.45, 2.75) is 33.2 Å². The summed E-state index contributed by atoms with van der Waals surface area (Å²) in [5, 5.41) is 3.53. The number of nitrogens with zero attached hydrogens (tertiary/aromatic N) is 4. The Morgan fingerprint density at radius 1 is 1.10 bits per heavy atom. The van der Waals surface area contributed by atoms with Crippen LogP contribution in [0.4, 0.5) is 5.95 Å². The van der Waals surface area contributed by atoms with Crippen LogP contribution in [0, 0.1) is 5.92 Å². The third-order valence-electron chi connectivity index (χ3n) is 4.06. The van der Waals surface area contributed by atoms with E-state index >= 15 is 0 Å². The maximum atomic E-state index is 4.34. The molecule has 0 saturated carbocycles. The van der Waals surface area contributed by atoms with E-state index < -0.39 is 0 Å². The van der Waals surface area contributed by atoms with Gasteiger partial charge in [0.25, 0.3) is 0 Å². The Kier molecular flexibility index (Phi) is 6.39. The highest BCUT2D eigenvalue weighted by atomic mass is 15.3. The lowest BCUT2D eigenvalue weighted by Crippen LogP contribution is -2.50. The third-order valence-corrected chi connectivity index (χ3v) is 4.06. The van der Waals surface area contributed by atoms with Crippen LogP contribution in [-0.2, 0) is 0 Å². The summed E-state index contributed by atoms with van der Waals surface area (Å²) in [4.78, 5) is 13.5. The van der Waals surface area contributed by atoms with Crippen molar-refractivity contribution >= 4 is 5.95 Å². The molecule has 1 aromatic rings. The number of piperazine rings is 1. The van der Waals surface area contributed by atoms with Gasteiger partial charge in [0.05, 0.1) is 0 Å². The first-order valence-corrected chi connectivity index (χ1v) is 8.13. The predicted molar refractivity (Wildman–Crippen MR) is 87.6 cm³/mol. The van der Waals surface area contributed by atoms with E-state index in [-0.39, 0.29) is 0 Å². The minimum absolute atomic E-state index is 0.642. The van der Waals surface area contributed by atoms with Crippen molar-refractivity contribution < 1.29 is 0 Å². The van der Waals surface area contributed by atoms with Crippen LogP contribution in [0.5, 0.6) is 0 Å². The molecule has 5 nitrogen and oxygen atoms in total. The van der Waals surface area contributed by atoms with Crippen LogP contribution in [0.1, 0.15) is 27.2 Å². The number of aromatic nitrogens is 2. The zero-order chi connectivity index (χ0) is 15.1. The summed E-state index contributed by atoms with van der Waals surface area (Å²) < 4.78 is 0. The molecule has 2 heterocycles. The van der Waals surface area contributed by atoms with Crippen LogP contribution in [0.15, 0.2) is 18.5 Å². The van der Waals surface area contributed by atoms with E-state index in [1.165, 1.54) is 6.42 Å². The van der Waals surface area contributed by atoms with Crippen molar-refractivity contribution in [2.24, 2.45) is 5.92 Å². The van der Waals surface area contributed by atoms with Crippen molar-refractivity contribution in [3.05, 3.63) is 18.5 Å². The summed E-state index contributed by atoms with van der Waals surface area (Å²) >= 11 is 0. The summed E-state index contributed by atoms with van der Waals surface area (Å²) in [7, 11) is 0. The molecule has 0 bridgehead atoms. The van der Waals surface area contributed by atoms with Gasteiger partial charge in [0.15, 0.2) is 0 Å². The highest BCUT2D eigenvalue weighted by molar-refractivity contribution is 5.29. The summed E-state index contributed by atoms with van der Waals surface area (Å²) in [6.45, 7) is 13.3. The maximum Gasteiger partial charge on any atom is 0.225 e. The molecule has 1 saturated heterocycles. The fourth-order valence-electron chi connectivity index (χ4n) is 2.70. The van der Waals surface area contributed by atoms with Crippen LogP contribution in [0.2, 0.25) is 0 Å². The van der Waals surface area contributed by atoms with Crippen molar-refractivity contribution in [3.8, 4) is 0 Å². The number of nitrogens with one attached hydrogen (secondary N) is 1. The lowest BCUT2D eigenvalue weighted by atomic mass is 10.1. The first-order valence-electron chi connectivity index (χ1n) is 8.13. The van der Waals surface area contributed by atoms with E-state index in [2.05, 4.69) is 45.9 Å². The fraction of sp³-hybridized carbons (Fsp3) is 0.750. The van der Waals surface area contributed by atoms with Crippen molar-refractivity contribution in [1.82, 2.24) is 20.2 Å². The quantitative estimate of drug-likeness (QED) is 0.774. The van der Waals surface area contributed by atoms with Gasteiger partial charge in [0.2, 0.25) is 5.95 Å². The minimum Gasteiger partial charge on any atom is -0.338 e. The lowest BCUT2D eigenvalue weighted by molar-refractivity contribution is 0.187. The molecular formula is C16H29N5. The molecule has 0 aromatic carbocycles. The molecule has 0 amide bonds. The maximum absolute atomic E-state index is 4.34. The molecule has 1 aromatic heterocycles. The van der Waals surface area contributed by atoms with Gasteiger partial charge in [0.1, 0.15) is 0 Å². The fourth-order valence-corrected chi connectivity index (χ4v) is 2.70. The Morgan fingerprint density at radius 3 is 2.38 bits per heavy atom. The molecule has 1 fully saturated rings. The average molecular weight is 291 g/mol. The molecule has 5 heteroatoms. The number of rotatable bonds is 7. The summed E-state index contributed by atoms with van der Waals surface area (Å²) in [5.41, 5.74) is 0. The summed E-state index contributed by atoms with van der Waals surface area (Å²) in [6, 6.07) is 2.51. The van der Waals surface area contributed by atoms with Gasteiger partial charge in [-0.15, -0.1) is 0 Å². The zero-order valence-corrected chi connectivity index (χ0v) is 13.6. The second-order valence-electron chi connectivity index (χ2n) is 6.31. The molecule has 118 valence electrons. The molecule has 0 aliphatic carbocycles. The Labute approximate surface area is 128 Å². The Hall–Kier alpha value is -1.20. The Bertz CT molecular complexity index is 387. The summed E-state index contributed by atoms with van der Waals surface area (Å²) in [6.07, 6.45) is 4.85. The topological polar surface area (TPSA) is 44.3 Å².